The van der Waals surface area contributed by atoms with Crippen LogP contribution in [0.5, 0.6) is 0 Å². The van der Waals surface area contributed by atoms with E-state index in [9.17, 15) is 29.7 Å². The molecule has 1 unspecified atom stereocenters. The molecule has 0 saturated heterocycles. The van der Waals surface area contributed by atoms with E-state index in [-0.39, 0.29) is 38.0 Å². The van der Waals surface area contributed by atoms with Gasteiger partial charge in [0.1, 0.15) is 0 Å². The molecule has 0 amide bonds. The zero-order chi connectivity index (χ0) is 28.4. The van der Waals surface area contributed by atoms with E-state index in [1.807, 2.05) is 54.2 Å². The molecule has 2 atom stereocenters. The molecule has 0 fully saturated rings. The summed E-state index contributed by atoms with van der Waals surface area (Å²) in [6.45, 7) is 2.41. The van der Waals surface area contributed by atoms with Gasteiger partial charge in [-0.2, -0.15) is 0 Å². The smallest absolute Gasteiger partial charge is 0.317 e. The number of hydrogen-bond acceptors (Lipinski definition) is 7. The van der Waals surface area contributed by atoms with Gasteiger partial charge in [-0.25, -0.2) is 0 Å². The lowest BCUT2D eigenvalue weighted by Gasteiger charge is -2.34. The summed E-state index contributed by atoms with van der Waals surface area (Å²) >= 11 is 5.21. The second-order valence-electron chi connectivity index (χ2n) is 9.84. The third kappa shape index (κ3) is 10.4. The van der Waals surface area contributed by atoms with Gasteiger partial charge >= 0.3 is 17.9 Å². The first kappa shape index (κ1) is 30.2. The van der Waals surface area contributed by atoms with E-state index < -0.39 is 17.9 Å². The van der Waals surface area contributed by atoms with Crippen molar-refractivity contribution < 1.29 is 29.7 Å². The SMILES string of the molecule is C[B]C(=S)Nc1ccc(C[C@H]2CC(CC(=O)O)CCN(CC(=O)O)Cc3cccc(n3)CN2CC(=O)O)cc1. The van der Waals surface area contributed by atoms with Crippen molar-refractivity contribution in [3.8, 4) is 0 Å². The van der Waals surface area contributed by atoms with Gasteiger partial charge in [-0.1, -0.05) is 37.2 Å². The second-order valence-corrected chi connectivity index (χ2v) is 10.3. The molecule has 4 N–H and O–H groups in total. The zero-order valence-corrected chi connectivity index (χ0v) is 22.8. The predicted molar refractivity (Wildman–Crippen MR) is 152 cm³/mol. The van der Waals surface area contributed by atoms with E-state index in [0.717, 1.165) is 11.3 Å². The first-order valence-corrected chi connectivity index (χ1v) is 13.3. The standard InChI is InChI=1S/C27H34BN4O6S/c1-28-27(39)30-20-7-5-18(6-8-20)11-23-12-19(13-24(33)34)9-10-31(16-25(35)36)14-21-3-2-4-22(29-21)15-32(23)17-26(37)38/h2-8,19,23H,9-17H2,1H3,(H,30,39)(H,33,34)(H,35,36)(H,37,38)/t19?,23-/m0/s1. The molecule has 1 radical (unpaired) electrons. The lowest BCUT2D eigenvalue weighted by molar-refractivity contribution is -0.141. The maximum absolute atomic E-state index is 11.9. The van der Waals surface area contributed by atoms with Crippen molar-refractivity contribution in [1.29, 1.82) is 0 Å². The van der Waals surface area contributed by atoms with E-state index in [2.05, 4.69) is 5.32 Å². The Hall–Kier alpha value is -3.35. The summed E-state index contributed by atoms with van der Waals surface area (Å²) in [5, 5.41) is 31.9. The van der Waals surface area contributed by atoms with Crippen molar-refractivity contribution in [1.82, 2.24) is 14.8 Å². The van der Waals surface area contributed by atoms with Crippen LogP contribution < -0.4 is 5.32 Å². The maximum Gasteiger partial charge on any atom is 0.317 e. The van der Waals surface area contributed by atoms with E-state index in [4.69, 9.17) is 17.2 Å². The number of carboxylic acids is 3. The minimum atomic E-state index is -0.977. The lowest BCUT2D eigenvalue weighted by Crippen LogP contribution is -2.42. The van der Waals surface area contributed by atoms with Crippen LogP contribution in [0.25, 0.3) is 0 Å². The molecule has 2 aromatic rings. The molecule has 0 saturated carbocycles. The van der Waals surface area contributed by atoms with E-state index >= 15 is 0 Å². The van der Waals surface area contributed by atoms with Crippen LogP contribution in [-0.4, -0.2) is 85.9 Å². The Labute approximate surface area is 234 Å². The van der Waals surface area contributed by atoms with Crippen molar-refractivity contribution in [3.05, 3.63) is 59.4 Å². The molecular weight excluding hydrogens is 519 g/mol. The zero-order valence-electron chi connectivity index (χ0n) is 22.0. The van der Waals surface area contributed by atoms with Crippen LogP contribution in [0, 0.1) is 5.92 Å². The van der Waals surface area contributed by atoms with Gasteiger partial charge in [-0.15, -0.1) is 0 Å². The number of aromatic nitrogens is 1. The Kier molecular flexibility index (Phi) is 11.4. The van der Waals surface area contributed by atoms with Gasteiger partial charge in [0.05, 0.1) is 24.5 Å². The fraction of sp³-hybridized carbons (Fsp3) is 0.444. The third-order valence-electron chi connectivity index (χ3n) is 6.71. The normalized spacial score (nSPS) is 18.8. The quantitative estimate of drug-likeness (QED) is 0.255. The van der Waals surface area contributed by atoms with Crippen molar-refractivity contribution in [3.63, 3.8) is 0 Å². The Morgan fingerprint density at radius 2 is 1.67 bits per heavy atom. The number of rotatable bonds is 10. The summed E-state index contributed by atoms with van der Waals surface area (Å²) in [5.41, 5.74) is 3.17. The van der Waals surface area contributed by atoms with Crippen LogP contribution in [0.2, 0.25) is 6.82 Å². The molecule has 1 aliphatic rings. The average Bonchev–Trinajstić information content (AvgIpc) is 2.86. The van der Waals surface area contributed by atoms with Gasteiger partial charge in [0.2, 0.25) is 0 Å². The third-order valence-corrected chi connectivity index (χ3v) is 7.04. The number of nitrogens with one attached hydrogen (secondary N) is 1. The summed E-state index contributed by atoms with van der Waals surface area (Å²) in [6.07, 6.45) is 1.32. The molecule has 1 aliphatic heterocycles. The first-order valence-electron chi connectivity index (χ1n) is 12.9. The molecule has 1 aromatic heterocycles. The molecule has 39 heavy (non-hydrogen) atoms. The molecule has 1 aromatic carbocycles. The number of anilines is 1. The highest BCUT2D eigenvalue weighted by atomic mass is 32.1. The van der Waals surface area contributed by atoms with Gasteiger partial charge in [-0.05, 0) is 61.6 Å². The lowest BCUT2D eigenvalue weighted by atomic mass is 9.82. The van der Waals surface area contributed by atoms with Crippen molar-refractivity contribution in [2.45, 2.75) is 51.6 Å². The number of nitrogens with zero attached hydrogens (tertiary/aromatic N) is 3. The average molecular weight is 553 g/mol. The first-order chi connectivity index (χ1) is 18.6. The van der Waals surface area contributed by atoms with Crippen molar-refractivity contribution in [2.24, 2.45) is 5.92 Å². The summed E-state index contributed by atoms with van der Waals surface area (Å²) < 4.78 is 0. The monoisotopic (exact) mass is 553 g/mol. The number of benzene rings is 1. The van der Waals surface area contributed by atoms with Crippen LogP contribution in [0.15, 0.2) is 42.5 Å². The van der Waals surface area contributed by atoms with Crippen LogP contribution in [0.3, 0.4) is 0 Å². The highest BCUT2D eigenvalue weighted by Crippen LogP contribution is 2.25. The molecule has 0 spiro atoms. The van der Waals surface area contributed by atoms with E-state index in [0.29, 0.717) is 48.6 Å². The molecule has 10 nitrogen and oxygen atoms in total. The molecule has 0 aliphatic carbocycles. The molecule has 12 heteroatoms. The highest BCUT2D eigenvalue weighted by Gasteiger charge is 2.28. The minimum Gasteiger partial charge on any atom is -0.481 e. The van der Waals surface area contributed by atoms with Gasteiger partial charge in [0.25, 0.3) is 0 Å². The fourth-order valence-corrected chi connectivity index (χ4v) is 5.03. The van der Waals surface area contributed by atoms with Crippen LogP contribution in [-0.2, 0) is 33.9 Å². The Morgan fingerprint density at radius 1 is 1.00 bits per heavy atom. The molecule has 2 bridgehead atoms. The summed E-state index contributed by atoms with van der Waals surface area (Å²) in [7, 11) is 1.79. The summed E-state index contributed by atoms with van der Waals surface area (Å²) in [4.78, 5) is 44.1. The number of carbonyl (C=O) groups is 3. The van der Waals surface area contributed by atoms with E-state index in [1.165, 1.54) is 0 Å². The van der Waals surface area contributed by atoms with Gasteiger partial charge < -0.3 is 20.6 Å². The summed E-state index contributed by atoms with van der Waals surface area (Å²) in [5.74, 6) is -3.15. The molecule has 2 heterocycles. The number of aliphatic carboxylic acids is 3. The molecular formula is C27H34BN4O6S. The number of pyridine rings is 1. The number of hydrogen-bond donors (Lipinski definition) is 4. The minimum absolute atomic E-state index is 0.0876. The predicted octanol–water partition coefficient (Wildman–Crippen LogP) is 2.80. The number of thiocarbonyl (C=S) groups is 1. The van der Waals surface area contributed by atoms with Crippen LogP contribution >= 0.6 is 12.2 Å². The summed E-state index contributed by atoms with van der Waals surface area (Å²) in [6, 6.07) is 12.9. The maximum atomic E-state index is 11.9. The second kappa shape index (κ2) is 14.7. The van der Waals surface area contributed by atoms with Gasteiger partial charge in [0, 0.05) is 36.1 Å². The van der Waals surface area contributed by atoms with E-state index in [1.54, 1.807) is 12.2 Å². The Bertz CT molecular complexity index is 1170. The van der Waals surface area contributed by atoms with Crippen LogP contribution in [0.1, 0.15) is 36.2 Å². The number of fused-ring (bicyclic) bond motifs is 2. The largest absolute Gasteiger partial charge is 0.481 e. The number of carboxylic acid groups (broad SMARTS) is 3. The van der Waals surface area contributed by atoms with Crippen molar-refractivity contribution >= 4 is 48.0 Å². The fourth-order valence-electron chi connectivity index (χ4n) is 4.91. The molecule has 3 rings (SSSR count). The van der Waals surface area contributed by atoms with Crippen molar-refractivity contribution in [2.75, 3.05) is 25.0 Å². The van der Waals surface area contributed by atoms with Gasteiger partial charge in [0.15, 0.2) is 7.28 Å². The topological polar surface area (TPSA) is 143 Å². The van der Waals surface area contributed by atoms with Gasteiger partial charge in [-0.3, -0.25) is 29.2 Å². The Morgan fingerprint density at radius 3 is 2.28 bits per heavy atom. The Balaban J connectivity index is 1.95. The van der Waals surface area contributed by atoms with Crippen LogP contribution in [0.4, 0.5) is 5.69 Å². The molecule has 207 valence electrons. The highest BCUT2D eigenvalue weighted by molar-refractivity contribution is 7.83.